The van der Waals surface area contributed by atoms with Gasteiger partial charge in [0.25, 0.3) is 0 Å². The summed E-state index contributed by atoms with van der Waals surface area (Å²) in [7, 11) is -2.94. The number of nitrogens with zero attached hydrogens (tertiary/aromatic N) is 2. The SMILES string of the molecule is O=C(N[C@@H]1CCS(=O)(=O)C1)N1CCC[C@@H]1CN1CCCC1. The van der Waals surface area contributed by atoms with Crippen LogP contribution in [0.3, 0.4) is 0 Å². The van der Waals surface area contributed by atoms with Gasteiger partial charge in [0.2, 0.25) is 0 Å². The van der Waals surface area contributed by atoms with Crippen LogP contribution in [0.25, 0.3) is 0 Å². The minimum absolute atomic E-state index is 0.0706. The molecule has 2 amide bonds. The summed E-state index contributed by atoms with van der Waals surface area (Å²) in [4.78, 5) is 16.8. The van der Waals surface area contributed by atoms with Gasteiger partial charge in [0.05, 0.1) is 11.5 Å². The third-order valence-corrected chi connectivity index (χ3v) is 6.63. The number of nitrogens with one attached hydrogen (secondary N) is 1. The van der Waals surface area contributed by atoms with Gasteiger partial charge in [0.15, 0.2) is 9.84 Å². The van der Waals surface area contributed by atoms with E-state index in [0.29, 0.717) is 12.5 Å². The largest absolute Gasteiger partial charge is 0.334 e. The molecule has 0 saturated carbocycles. The van der Waals surface area contributed by atoms with Crippen molar-refractivity contribution in [1.82, 2.24) is 15.1 Å². The number of sulfone groups is 1. The summed E-state index contributed by atoms with van der Waals surface area (Å²) >= 11 is 0. The van der Waals surface area contributed by atoms with Crippen molar-refractivity contribution >= 4 is 15.9 Å². The average molecular weight is 315 g/mol. The summed E-state index contributed by atoms with van der Waals surface area (Å²) in [5.41, 5.74) is 0. The van der Waals surface area contributed by atoms with E-state index >= 15 is 0 Å². The molecule has 0 radical (unpaired) electrons. The molecule has 0 bridgehead atoms. The zero-order chi connectivity index (χ0) is 14.9. The molecule has 3 heterocycles. The molecule has 0 aliphatic carbocycles. The molecule has 21 heavy (non-hydrogen) atoms. The Labute approximate surface area is 126 Å². The van der Waals surface area contributed by atoms with Crippen LogP contribution in [0.2, 0.25) is 0 Å². The highest BCUT2D eigenvalue weighted by molar-refractivity contribution is 7.91. The molecule has 0 aromatic carbocycles. The van der Waals surface area contributed by atoms with Gasteiger partial charge in [0, 0.05) is 25.2 Å². The molecule has 3 rings (SSSR count). The molecular weight excluding hydrogens is 290 g/mol. The molecule has 3 aliphatic heterocycles. The predicted molar refractivity (Wildman–Crippen MR) is 81.0 cm³/mol. The lowest BCUT2D eigenvalue weighted by molar-refractivity contribution is 0.172. The number of rotatable bonds is 3. The van der Waals surface area contributed by atoms with E-state index in [0.717, 1.165) is 39.0 Å². The van der Waals surface area contributed by atoms with Gasteiger partial charge in [-0.1, -0.05) is 0 Å². The van der Waals surface area contributed by atoms with Crippen LogP contribution in [0, 0.1) is 0 Å². The first-order valence-corrected chi connectivity index (χ1v) is 9.85. The standard InChI is InChI=1S/C14H25N3O3S/c18-14(15-12-5-9-21(19,20)11-12)17-8-3-4-13(17)10-16-6-1-2-7-16/h12-13H,1-11H2,(H,15,18)/t12-,13-/m1/s1. The maximum absolute atomic E-state index is 12.4. The van der Waals surface area contributed by atoms with Crippen LogP contribution in [0.4, 0.5) is 4.79 Å². The van der Waals surface area contributed by atoms with E-state index in [1.54, 1.807) is 0 Å². The molecule has 3 aliphatic rings. The number of carbonyl (C=O) groups excluding carboxylic acids is 1. The number of hydrogen-bond donors (Lipinski definition) is 1. The second-order valence-electron chi connectivity index (χ2n) is 6.55. The summed E-state index contributed by atoms with van der Waals surface area (Å²) in [5.74, 6) is 0.304. The summed E-state index contributed by atoms with van der Waals surface area (Å²) in [5, 5.41) is 2.92. The normalized spacial score (nSPS) is 32.7. The smallest absolute Gasteiger partial charge is 0.317 e. The average Bonchev–Trinajstić information content (AvgIpc) is 3.12. The second kappa shape index (κ2) is 6.12. The van der Waals surface area contributed by atoms with E-state index in [2.05, 4.69) is 10.2 Å². The van der Waals surface area contributed by atoms with Crippen LogP contribution >= 0.6 is 0 Å². The van der Waals surface area contributed by atoms with Gasteiger partial charge in [-0.15, -0.1) is 0 Å². The van der Waals surface area contributed by atoms with Crippen LogP contribution in [-0.4, -0.2) is 74.0 Å². The van der Waals surface area contributed by atoms with Crippen molar-refractivity contribution in [3.05, 3.63) is 0 Å². The van der Waals surface area contributed by atoms with Crippen molar-refractivity contribution in [3.8, 4) is 0 Å². The number of likely N-dealkylation sites (tertiary alicyclic amines) is 2. The number of urea groups is 1. The molecule has 1 N–H and O–H groups in total. The highest BCUT2D eigenvalue weighted by Gasteiger charge is 2.34. The van der Waals surface area contributed by atoms with E-state index in [4.69, 9.17) is 0 Å². The Kier molecular flexibility index (Phi) is 4.40. The quantitative estimate of drug-likeness (QED) is 0.821. The summed E-state index contributed by atoms with van der Waals surface area (Å²) in [6.45, 7) is 4.06. The van der Waals surface area contributed by atoms with Crippen LogP contribution in [0.1, 0.15) is 32.1 Å². The summed E-state index contributed by atoms with van der Waals surface area (Å²) in [6.07, 6.45) is 5.19. The Morgan fingerprint density at radius 1 is 1.10 bits per heavy atom. The zero-order valence-corrected chi connectivity index (χ0v) is 13.3. The van der Waals surface area contributed by atoms with E-state index in [9.17, 15) is 13.2 Å². The maximum atomic E-state index is 12.4. The highest BCUT2D eigenvalue weighted by Crippen LogP contribution is 2.21. The molecule has 120 valence electrons. The minimum Gasteiger partial charge on any atom is -0.334 e. The van der Waals surface area contributed by atoms with Crippen molar-refractivity contribution < 1.29 is 13.2 Å². The Balaban J connectivity index is 1.53. The monoisotopic (exact) mass is 315 g/mol. The fraction of sp³-hybridized carbons (Fsp3) is 0.929. The molecule has 0 aromatic heterocycles. The molecular formula is C14H25N3O3S. The van der Waals surface area contributed by atoms with Crippen molar-refractivity contribution in [2.75, 3.05) is 37.7 Å². The molecule has 0 spiro atoms. The van der Waals surface area contributed by atoms with Crippen LogP contribution in [0.15, 0.2) is 0 Å². The van der Waals surface area contributed by atoms with E-state index in [1.165, 1.54) is 12.8 Å². The molecule has 3 saturated heterocycles. The van der Waals surface area contributed by atoms with Crippen molar-refractivity contribution in [1.29, 1.82) is 0 Å². The highest BCUT2D eigenvalue weighted by atomic mass is 32.2. The van der Waals surface area contributed by atoms with Gasteiger partial charge >= 0.3 is 6.03 Å². The molecule has 2 atom stereocenters. The maximum Gasteiger partial charge on any atom is 0.317 e. The third kappa shape index (κ3) is 3.69. The van der Waals surface area contributed by atoms with Gasteiger partial charge in [-0.2, -0.15) is 0 Å². The minimum atomic E-state index is -2.94. The molecule has 6 nitrogen and oxygen atoms in total. The Hall–Kier alpha value is -0.820. The van der Waals surface area contributed by atoms with E-state index in [-0.39, 0.29) is 23.6 Å². The van der Waals surface area contributed by atoms with Crippen LogP contribution < -0.4 is 5.32 Å². The summed E-state index contributed by atoms with van der Waals surface area (Å²) in [6, 6.07) is 0.0236. The van der Waals surface area contributed by atoms with E-state index < -0.39 is 9.84 Å². The lowest BCUT2D eigenvalue weighted by Gasteiger charge is -2.29. The van der Waals surface area contributed by atoms with Gasteiger partial charge in [-0.05, 0) is 45.2 Å². The van der Waals surface area contributed by atoms with Gasteiger partial charge < -0.3 is 15.1 Å². The predicted octanol–water partition coefficient (Wildman–Crippen LogP) is 0.443. The Morgan fingerprint density at radius 2 is 1.86 bits per heavy atom. The fourth-order valence-electron chi connectivity index (χ4n) is 3.72. The fourth-order valence-corrected chi connectivity index (χ4v) is 5.40. The van der Waals surface area contributed by atoms with E-state index in [1.807, 2.05) is 4.90 Å². The lowest BCUT2D eigenvalue weighted by Crippen LogP contribution is -2.50. The number of amides is 2. The van der Waals surface area contributed by atoms with Crippen molar-refractivity contribution in [3.63, 3.8) is 0 Å². The summed E-state index contributed by atoms with van der Waals surface area (Å²) < 4.78 is 22.9. The van der Waals surface area contributed by atoms with Crippen LogP contribution in [0.5, 0.6) is 0 Å². The van der Waals surface area contributed by atoms with Crippen LogP contribution in [-0.2, 0) is 9.84 Å². The van der Waals surface area contributed by atoms with Crippen molar-refractivity contribution in [2.24, 2.45) is 0 Å². The molecule has 0 unspecified atom stereocenters. The zero-order valence-electron chi connectivity index (χ0n) is 12.5. The third-order valence-electron chi connectivity index (χ3n) is 4.87. The number of hydrogen-bond acceptors (Lipinski definition) is 4. The molecule has 3 fully saturated rings. The second-order valence-corrected chi connectivity index (χ2v) is 8.78. The van der Waals surface area contributed by atoms with Gasteiger partial charge in [-0.3, -0.25) is 0 Å². The van der Waals surface area contributed by atoms with Crippen molar-refractivity contribution in [2.45, 2.75) is 44.2 Å². The Bertz CT molecular complexity index is 488. The first-order chi connectivity index (χ1) is 10.0. The molecule has 0 aromatic rings. The van der Waals surface area contributed by atoms with Gasteiger partial charge in [-0.25, -0.2) is 13.2 Å². The first kappa shape index (κ1) is 15.1. The number of carbonyl (C=O) groups is 1. The first-order valence-electron chi connectivity index (χ1n) is 8.03. The Morgan fingerprint density at radius 3 is 2.52 bits per heavy atom. The topological polar surface area (TPSA) is 69.7 Å². The lowest BCUT2D eigenvalue weighted by atomic mass is 10.2. The van der Waals surface area contributed by atoms with Gasteiger partial charge in [0.1, 0.15) is 0 Å². The molecule has 7 heteroatoms.